The molecule has 4 aromatic rings. The molecule has 1 aromatic carbocycles. The van der Waals surface area contributed by atoms with Crippen molar-refractivity contribution in [3.05, 3.63) is 57.6 Å². The summed E-state index contributed by atoms with van der Waals surface area (Å²) in [5.74, 6) is 0.168. The largest absolute Gasteiger partial charge is 0.459 e. The molecule has 0 aliphatic heterocycles. The Morgan fingerprint density at radius 1 is 1.13 bits per heavy atom. The van der Waals surface area contributed by atoms with Crippen molar-refractivity contribution in [3.63, 3.8) is 0 Å². The number of carbonyl (C=O) groups is 2. The number of hydrogen-bond acceptors (Lipinski definition) is 8. The summed E-state index contributed by atoms with van der Waals surface area (Å²) >= 11 is 2.79. The molecule has 3 aromatic heterocycles. The third-order valence-corrected chi connectivity index (χ3v) is 8.60. The van der Waals surface area contributed by atoms with Crippen LogP contribution in [0.1, 0.15) is 58.7 Å². The van der Waals surface area contributed by atoms with Crippen molar-refractivity contribution in [2.24, 2.45) is 7.05 Å². The first-order valence-electron chi connectivity index (χ1n) is 13.0. The molecule has 11 heteroatoms. The van der Waals surface area contributed by atoms with Crippen molar-refractivity contribution in [1.82, 2.24) is 24.5 Å². The maximum Gasteiger partial charge on any atom is 0.341 e. The van der Waals surface area contributed by atoms with Crippen LogP contribution in [0.4, 0.5) is 5.00 Å². The van der Waals surface area contributed by atoms with Crippen LogP contribution in [0.2, 0.25) is 0 Å². The van der Waals surface area contributed by atoms with Gasteiger partial charge in [-0.05, 0) is 77.1 Å². The van der Waals surface area contributed by atoms with Crippen LogP contribution in [-0.4, -0.2) is 48.3 Å². The molecule has 1 amide bonds. The maximum absolute atomic E-state index is 13.2. The van der Waals surface area contributed by atoms with Crippen LogP contribution in [0.15, 0.2) is 35.5 Å². The number of amides is 1. The average molecular weight is 565 g/mol. The molecule has 1 N–H and O–H groups in total. The van der Waals surface area contributed by atoms with Gasteiger partial charge in [-0.2, -0.15) is 5.10 Å². The molecule has 9 nitrogen and oxygen atoms in total. The number of nitrogens with zero attached hydrogens (tertiary/aromatic N) is 5. The smallest absolute Gasteiger partial charge is 0.341 e. The number of esters is 1. The summed E-state index contributed by atoms with van der Waals surface area (Å²) in [6.45, 7) is 7.63. The quantitative estimate of drug-likeness (QED) is 0.222. The Balaban J connectivity index is 1.40. The number of carbonyl (C=O) groups excluding carboxylic acids is 2. The molecule has 1 aliphatic carbocycles. The van der Waals surface area contributed by atoms with Gasteiger partial charge in [0.2, 0.25) is 5.91 Å². The molecular weight excluding hydrogens is 532 g/mol. The number of hydrogen-bond donors (Lipinski definition) is 1. The molecule has 204 valence electrons. The Bertz CT molecular complexity index is 1520. The van der Waals surface area contributed by atoms with Crippen molar-refractivity contribution in [2.45, 2.75) is 64.6 Å². The van der Waals surface area contributed by atoms with Crippen LogP contribution < -0.4 is 5.32 Å². The van der Waals surface area contributed by atoms with E-state index in [9.17, 15) is 9.59 Å². The predicted molar refractivity (Wildman–Crippen MR) is 154 cm³/mol. The Morgan fingerprint density at radius 2 is 1.87 bits per heavy atom. The highest BCUT2D eigenvalue weighted by Crippen LogP contribution is 2.39. The second-order valence-electron chi connectivity index (χ2n) is 9.98. The molecule has 0 radical (unpaired) electrons. The molecule has 0 spiro atoms. The fraction of sp³-hybridized carbons (Fsp3) is 0.393. The highest BCUT2D eigenvalue weighted by molar-refractivity contribution is 7.99. The lowest BCUT2D eigenvalue weighted by Gasteiger charge is -2.14. The SMILES string of the molecule is Cc1ccc(-n2c(SCC(=O)Nc3sc4c(c3C(=O)OC(C)C)CCCC4)nnc2-c2cc(C)nn2C)cc1. The van der Waals surface area contributed by atoms with Gasteiger partial charge >= 0.3 is 5.97 Å². The molecule has 0 saturated carbocycles. The summed E-state index contributed by atoms with van der Waals surface area (Å²) in [5, 5.41) is 17.5. The fourth-order valence-corrected chi connectivity index (χ4v) is 6.76. The number of nitrogens with one attached hydrogen (secondary N) is 1. The van der Waals surface area contributed by atoms with Gasteiger partial charge in [-0.3, -0.25) is 14.0 Å². The highest BCUT2D eigenvalue weighted by atomic mass is 32.2. The van der Waals surface area contributed by atoms with Gasteiger partial charge in [0, 0.05) is 17.6 Å². The molecule has 0 atom stereocenters. The summed E-state index contributed by atoms with van der Waals surface area (Å²) in [7, 11) is 1.87. The van der Waals surface area contributed by atoms with Crippen LogP contribution >= 0.6 is 23.1 Å². The molecule has 1 aliphatic rings. The van der Waals surface area contributed by atoms with Crippen LogP contribution in [0.25, 0.3) is 17.2 Å². The van der Waals surface area contributed by atoms with E-state index in [0.717, 1.165) is 58.8 Å². The zero-order valence-electron chi connectivity index (χ0n) is 22.8. The van der Waals surface area contributed by atoms with E-state index in [1.165, 1.54) is 23.1 Å². The van der Waals surface area contributed by atoms with Crippen molar-refractivity contribution in [2.75, 3.05) is 11.1 Å². The molecule has 0 unspecified atom stereocenters. The summed E-state index contributed by atoms with van der Waals surface area (Å²) in [6, 6.07) is 10.1. The van der Waals surface area contributed by atoms with Crippen molar-refractivity contribution < 1.29 is 14.3 Å². The lowest BCUT2D eigenvalue weighted by molar-refractivity contribution is -0.113. The Morgan fingerprint density at radius 3 is 2.56 bits per heavy atom. The zero-order chi connectivity index (χ0) is 27.7. The lowest BCUT2D eigenvalue weighted by Crippen LogP contribution is -2.19. The van der Waals surface area contributed by atoms with E-state index >= 15 is 0 Å². The van der Waals surface area contributed by atoms with Gasteiger partial charge in [0.05, 0.1) is 23.1 Å². The van der Waals surface area contributed by atoms with Gasteiger partial charge in [0.1, 0.15) is 10.7 Å². The molecule has 0 fully saturated rings. The van der Waals surface area contributed by atoms with E-state index < -0.39 is 0 Å². The predicted octanol–water partition coefficient (Wildman–Crippen LogP) is 5.52. The van der Waals surface area contributed by atoms with Crippen molar-refractivity contribution in [3.8, 4) is 17.2 Å². The maximum atomic E-state index is 13.2. The van der Waals surface area contributed by atoms with Gasteiger partial charge < -0.3 is 10.1 Å². The number of ether oxygens (including phenoxy) is 1. The zero-order valence-corrected chi connectivity index (χ0v) is 24.4. The topological polar surface area (TPSA) is 104 Å². The first-order chi connectivity index (χ1) is 18.7. The first kappa shape index (κ1) is 27.1. The number of aromatic nitrogens is 5. The standard InChI is InChI=1S/C28H32N6O3S2/c1-16(2)37-27(36)24-20-8-6-7-9-22(20)39-26(24)29-23(35)15-38-28-31-30-25(21-14-18(4)32-33(21)5)34(28)19-12-10-17(3)11-13-19/h10-14,16H,6-9,15H2,1-5H3,(H,29,35). The fourth-order valence-electron chi connectivity index (χ4n) is 4.71. The number of thiophene rings is 1. The van der Waals surface area contributed by atoms with E-state index in [-0.39, 0.29) is 23.7 Å². The first-order valence-corrected chi connectivity index (χ1v) is 14.8. The number of thioether (sulfide) groups is 1. The van der Waals surface area contributed by atoms with Crippen LogP contribution in [0.5, 0.6) is 0 Å². The molecule has 3 heterocycles. The number of anilines is 1. The molecule has 39 heavy (non-hydrogen) atoms. The third-order valence-electron chi connectivity index (χ3n) is 6.46. The van der Waals surface area contributed by atoms with Crippen LogP contribution in [0, 0.1) is 13.8 Å². The number of aryl methyl sites for hydroxylation is 4. The van der Waals surface area contributed by atoms with E-state index in [1.54, 1.807) is 4.68 Å². The molecular formula is C28H32N6O3S2. The summed E-state index contributed by atoms with van der Waals surface area (Å²) < 4.78 is 9.25. The average Bonchev–Trinajstić information content (AvgIpc) is 3.56. The number of benzene rings is 1. The number of rotatable bonds is 8. The van der Waals surface area contributed by atoms with Crippen molar-refractivity contribution >= 4 is 40.0 Å². The van der Waals surface area contributed by atoms with Gasteiger partial charge in [-0.1, -0.05) is 29.5 Å². The van der Waals surface area contributed by atoms with E-state index in [1.807, 2.05) is 69.6 Å². The number of fused-ring (bicyclic) bond motifs is 1. The minimum atomic E-state index is -0.373. The summed E-state index contributed by atoms with van der Waals surface area (Å²) in [4.78, 5) is 27.3. The Kier molecular flexibility index (Phi) is 7.90. The Hall–Kier alpha value is -3.44. The minimum absolute atomic E-state index is 0.107. The summed E-state index contributed by atoms with van der Waals surface area (Å²) in [6.07, 6.45) is 3.63. The lowest BCUT2D eigenvalue weighted by atomic mass is 9.95. The van der Waals surface area contributed by atoms with Gasteiger partial charge in [-0.15, -0.1) is 21.5 Å². The van der Waals surface area contributed by atoms with Crippen LogP contribution in [0.3, 0.4) is 0 Å². The second kappa shape index (κ2) is 11.4. The van der Waals surface area contributed by atoms with Gasteiger partial charge in [0.15, 0.2) is 11.0 Å². The molecule has 0 saturated heterocycles. The van der Waals surface area contributed by atoms with Crippen LogP contribution in [-0.2, 0) is 29.4 Å². The van der Waals surface area contributed by atoms with E-state index in [2.05, 4.69) is 20.6 Å². The monoisotopic (exact) mass is 564 g/mol. The van der Waals surface area contributed by atoms with Crippen molar-refractivity contribution in [1.29, 1.82) is 0 Å². The molecule has 5 rings (SSSR count). The van der Waals surface area contributed by atoms with Gasteiger partial charge in [0.25, 0.3) is 0 Å². The highest BCUT2D eigenvalue weighted by Gasteiger charge is 2.28. The Labute approximate surface area is 236 Å². The van der Waals surface area contributed by atoms with E-state index in [4.69, 9.17) is 4.74 Å². The van der Waals surface area contributed by atoms with E-state index in [0.29, 0.717) is 21.5 Å². The van der Waals surface area contributed by atoms with Gasteiger partial charge in [-0.25, -0.2) is 4.79 Å². The second-order valence-corrected chi connectivity index (χ2v) is 12.0. The summed E-state index contributed by atoms with van der Waals surface area (Å²) in [5.41, 5.74) is 5.28. The minimum Gasteiger partial charge on any atom is -0.459 e. The third kappa shape index (κ3) is 5.79. The normalized spacial score (nSPS) is 13.0. The molecule has 0 bridgehead atoms.